The predicted molar refractivity (Wildman–Crippen MR) is 123 cm³/mol. The molecule has 1 heterocycles. The fourth-order valence-electron chi connectivity index (χ4n) is 3.78. The van der Waals surface area contributed by atoms with Gasteiger partial charge >= 0.3 is 0 Å². The molecule has 1 N–H and O–H groups in total. The second-order valence-corrected chi connectivity index (χ2v) is 9.77. The highest BCUT2D eigenvalue weighted by Crippen LogP contribution is 2.27. The van der Waals surface area contributed by atoms with Crippen molar-refractivity contribution >= 4 is 21.6 Å². The second-order valence-electron chi connectivity index (χ2n) is 7.88. The lowest BCUT2D eigenvalue weighted by Gasteiger charge is -2.34. The smallest absolute Gasteiger partial charge is 0.255 e. The zero-order valence-electron chi connectivity index (χ0n) is 18.3. The van der Waals surface area contributed by atoms with E-state index in [0.717, 1.165) is 44.3 Å². The number of rotatable bonds is 9. The van der Waals surface area contributed by atoms with E-state index < -0.39 is 10.0 Å². The maximum Gasteiger partial charge on any atom is 0.255 e. The molecule has 0 aromatic heterocycles. The van der Waals surface area contributed by atoms with Crippen LogP contribution < -0.4 is 10.1 Å². The quantitative estimate of drug-likeness (QED) is 0.548. The molecule has 1 saturated heterocycles. The minimum absolute atomic E-state index is 0.0621. The van der Waals surface area contributed by atoms with Crippen molar-refractivity contribution in [3.05, 3.63) is 54.1 Å². The Bertz CT molecular complexity index is 956. The number of nitrogens with zero attached hydrogens (tertiary/aromatic N) is 1. The van der Waals surface area contributed by atoms with E-state index >= 15 is 0 Å². The Morgan fingerprint density at radius 1 is 1.06 bits per heavy atom. The molecule has 1 fully saturated rings. The molecular formula is C24H32N2O4S. The molecule has 0 radical (unpaired) electrons. The Morgan fingerprint density at radius 2 is 1.77 bits per heavy atom. The first-order valence-electron chi connectivity index (χ1n) is 11.1. The number of piperidine rings is 1. The number of amides is 1. The summed E-state index contributed by atoms with van der Waals surface area (Å²) in [5, 5.41) is 2.82. The van der Waals surface area contributed by atoms with Gasteiger partial charge < -0.3 is 10.1 Å². The number of ether oxygens (including phenoxy) is 1. The summed E-state index contributed by atoms with van der Waals surface area (Å²) in [6.07, 6.45) is 5.75. The number of nitrogens with one attached hydrogen (secondary N) is 1. The van der Waals surface area contributed by atoms with Gasteiger partial charge in [0.05, 0.1) is 11.5 Å². The molecule has 7 heteroatoms. The van der Waals surface area contributed by atoms with Crippen LogP contribution in [0.15, 0.2) is 53.4 Å². The van der Waals surface area contributed by atoms with Crippen LogP contribution in [-0.4, -0.2) is 37.8 Å². The van der Waals surface area contributed by atoms with Crippen LogP contribution in [-0.2, 0) is 10.0 Å². The van der Waals surface area contributed by atoms with E-state index in [0.29, 0.717) is 24.4 Å². The van der Waals surface area contributed by atoms with Gasteiger partial charge in [-0.25, -0.2) is 8.42 Å². The van der Waals surface area contributed by atoms with Crippen molar-refractivity contribution in [2.24, 2.45) is 0 Å². The first kappa shape index (κ1) is 23.3. The highest BCUT2D eigenvalue weighted by Gasteiger charge is 2.32. The number of sulfonamides is 1. The Hall–Kier alpha value is -2.38. The first-order valence-corrected chi connectivity index (χ1v) is 12.6. The van der Waals surface area contributed by atoms with Crippen molar-refractivity contribution in [3.8, 4) is 5.75 Å². The van der Waals surface area contributed by atoms with Crippen LogP contribution in [0.5, 0.6) is 5.75 Å². The summed E-state index contributed by atoms with van der Waals surface area (Å²) in [5.41, 5.74) is 1.07. The third-order valence-corrected chi connectivity index (χ3v) is 7.61. The Kier molecular flexibility index (Phi) is 8.09. The highest BCUT2D eigenvalue weighted by atomic mass is 32.2. The minimum atomic E-state index is -3.53. The Labute approximate surface area is 185 Å². The van der Waals surface area contributed by atoms with Crippen molar-refractivity contribution in [1.29, 1.82) is 0 Å². The largest absolute Gasteiger partial charge is 0.494 e. The molecule has 0 saturated carbocycles. The SMILES string of the molecule is CCCCOc1ccc(C(=O)Nc2ccc(S(=O)(=O)N3CCCCC3CC)cc2)cc1. The second kappa shape index (κ2) is 10.8. The molecule has 2 aromatic rings. The number of carbonyl (C=O) groups excluding carboxylic acids is 1. The van der Waals surface area contributed by atoms with Gasteiger partial charge in [0, 0.05) is 23.8 Å². The summed E-state index contributed by atoms with van der Waals surface area (Å²) in [6.45, 7) is 5.36. The molecule has 31 heavy (non-hydrogen) atoms. The third-order valence-electron chi connectivity index (χ3n) is 5.65. The van der Waals surface area contributed by atoms with E-state index in [1.165, 1.54) is 0 Å². The van der Waals surface area contributed by atoms with Crippen molar-refractivity contribution < 1.29 is 17.9 Å². The summed E-state index contributed by atoms with van der Waals surface area (Å²) in [6, 6.07) is 13.5. The summed E-state index contributed by atoms with van der Waals surface area (Å²) in [5.74, 6) is 0.487. The van der Waals surface area contributed by atoms with Gasteiger partial charge in [-0.05, 0) is 74.2 Å². The molecule has 6 nitrogen and oxygen atoms in total. The average molecular weight is 445 g/mol. The zero-order valence-corrected chi connectivity index (χ0v) is 19.2. The van der Waals surface area contributed by atoms with Crippen molar-refractivity contribution in [2.75, 3.05) is 18.5 Å². The van der Waals surface area contributed by atoms with Gasteiger partial charge in [-0.15, -0.1) is 0 Å². The van der Waals surface area contributed by atoms with Crippen LogP contribution in [0.1, 0.15) is 62.7 Å². The summed E-state index contributed by atoms with van der Waals surface area (Å²) >= 11 is 0. The molecule has 0 bridgehead atoms. The number of benzene rings is 2. The van der Waals surface area contributed by atoms with Gasteiger partial charge in [-0.2, -0.15) is 4.31 Å². The summed E-state index contributed by atoms with van der Waals surface area (Å²) in [4.78, 5) is 12.8. The van der Waals surface area contributed by atoms with Gasteiger partial charge in [0.15, 0.2) is 0 Å². The number of unbranched alkanes of at least 4 members (excludes halogenated alkanes) is 1. The van der Waals surface area contributed by atoms with Crippen LogP contribution >= 0.6 is 0 Å². The molecule has 1 aliphatic rings. The molecule has 168 valence electrons. The Morgan fingerprint density at radius 3 is 2.42 bits per heavy atom. The molecule has 1 unspecified atom stereocenters. The fourth-order valence-corrected chi connectivity index (χ4v) is 5.55. The summed E-state index contributed by atoms with van der Waals surface area (Å²) in [7, 11) is -3.53. The van der Waals surface area contributed by atoms with E-state index in [9.17, 15) is 13.2 Å². The molecule has 0 aliphatic carbocycles. The fraction of sp³-hybridized carbons (Fsp3) is 0.458. The maximum atomic E-state index is 13.1. The number of hydrogen-bond acceptors (Lipinski definition) is 4. The van der Waals surface area contributed by atoms with E-state index in [-0.39, 0.29) is 16.8 Å². The molecular weight excluding hydrogens is 412 g/mol. The number of hydrogen-bond donors (Lipinski definition) is 1. The lowest BCUT2D eigenvalue weighted by Crippen LogP contribution is -2.43. The van der Waals surface area contributed by atoms with Crippen LogP contribution in [0.3, 0.4) is 0 Å². The van der Waals surface area contributed by atoms with Crippen molar-refractivity contribution in [1.82, 2.24) is 4.31 Å². The minimum Gasteiger partial charge on any atom is -0.494 e. The summed E-state index contributed by atoms with van der Waals surface area (Å²) < 4.78 is 33.4. The van der Waals surface area contributed by atoms with Gasteiger partial charge in [0.1, 0.15) is 5.75 Å². The monoisotopic (exact) mass is 444 g/mol. The highest BCUT2D eigenvalue weighted by molar-refractivity contribution is 7.89. The molecule has 1 atom stereocenters. The third kappa shape index (κ3) is 5.86. The van der Waals surface area contributed by atoms with Crippen LogP contribution in [0.25, 0.3) is 0 Å². The molecule has 1 amide bonds. The van der Waals surface area contributed by atoms with Crippen molar-refractivity contribution in [2.45, 2.75) is 63.3 Å². The number of carbonyl (C=O) groups is 1. The first-order chi connectivity index (χ1) is 15.0. The molecule has 0 spiro atoms. The van der Waals surface area contributed by atoms with E-state index in [1.807, 2.05) is 6.92 Å². The van der Waals surface area contributed by atoms with Crippen LogP contribution in [0, 0.1) is 0 Å². The topological polar surface area (TPSA) is 75.7 Å². The van der Waals surface area contributed by atoms with Gasteiger partial charge in [0.2, 0.25) is 10.0 Å². The average Bonchev–Trinajstić information content (AvgIpc) is 2.80. The van der Waals surface area contributed by atoms with Crippen LogP contribution in [0.2, 0.25) is 0 Å². The van der Waals surface area contributed by atoms with Gasteiger partial charge in [-0.3, -0.25) is 4.79 Å². The van der Waals surface area contributed by atoms with E-state index in [2.05, 4.69) is 12.2 Å². The molecule has 1 aliphatic heterocycles. The maximum absolute atomic E-state index is 13.1. The molecule has 3 rings (SSSR count). The standard InChI is InChI=1S/C24H32N2O4S/c1-3-5-18-30-22-13-9-19(10-14-22)24(27)25-20-11-15-23(16-12-20)31(28,29)26-17-7-6-8-21(26)4-2/h9-16,21H,3-8,17-18H2,1-2H3,(H,25,27). The predicted octanol–water partition coefficient (Wildman–Crippen LogP) is 5.07. The van der Waals surface area contributed by atoms with Crippen LogP contribution in [0.4, 0.5) is 5.69 Å². The lowest BCUT2D eigenvalue weighted by molar-refractivity contribution is 0.102. The van der Waals surface area contributed by atoms with E-state index in [4.69, 9.17) is 4.74 Å². The number of anilines is 1. The van der Waals surface area contributed by atoms with Crippen molar-refractivity contribution in [3.63, 3.8) is 0 Å². The van der Waals surface area contributed by atoms with Gasteiger partial charge in [-0.1, -0.05) is 26.7 Å². The lowest BCUT2D eigenvalue weighted by atomic mass is 10.0. The zero-order chi connectivity index (χ0) is 22.3. The van der Waals surface area contributed by atoms with Gasteiger partial charge in [0.25, 0.3) is 5.91 Å². The van der Waals surface area contributed by atoms with E-state index in [1.54, 1.807) is 52.8 Å². The normalized spacial score (nSPS) is 17.3. The molecule has 2 aromatic carbocycles. The Balaban J connectivity index is 1.64.